The van der Waals surface area contributed by atoms with Crippen molar-refractivity contribution in [3.8, 4) is 17.0 Å². The molecule has 34 heavy (non-hydrogen) atoms. The molecule has 7 heteroatoms. The lowest BCUT2D eigenvalue weighted by atomic mass is 9.95. The molecule has 0 bridgehead atoms. The second kappa shape index (κ2) is 11.4. The van der Waals surface area contributed by atoms with Gasteiger partial charge in [0.15, 0.2) is 5.82 Å². The maximum Gasteiger partial charge on any atom is 0.223 e. The van der Waals surface area contributed by atoms with E-state index in [9.17, 15) is 4.79 Å². The highest BCUT2D eigenvalue weighted by Crippen LogP contribution is 2.29. The van der Waals surface area contributed by atoms with Crippen molar-refractivity contribution in [1.82, 2.24) is 19.9 Å². The molecule has 0 atom stereocenters. The summed E-state index contributed by atoms with van der Waals surface area (Å²) in [5.74, 6) is 2.70. The van der Waals surface area contributed by atoms with Gasteiger partial charge in [0.2, 0.25) is 5.91 Å². The van der Waals surface area contributed by atoms with Crippen LogP contribution in [0.4, 0.5) is 5.82 Å². The molecule has 4 rings (SSSR count). The number of fused-ring (bicyclic) bond motifs is 1. The van der Waals surface area contributed by atoms with Crippen molar-refractivity contribution in [3.63, 3.8) is 0 Å². The molecule has 1 aromatic carbocycles. The number of carbonyl (C=O) groups is 1. The molecule has 1 amide bonds. The Kier molecular flexibility index (Phi) is 8.03. The Balaban J connectivity index is 1.41. The van der Waals surface area contributed by atoms with E-state index in [0.29, 0.717) is 5.92 Å². The summed E-state index contributed by atoms with van der Waals surface area (Å²) in [6.45, 7) is 9.67. The number of hydrogen-bond donors (Lipinski definition) is 1. The van der Waals surface area contributed by atoms with Gasteiger partial charge in [-0.25, -0.2) is 9.50 Å². The van der Waals surface area contributed by atoms with Crippen LogP contribution in [0.1, 0.15) is 52.9 Å². The molecular formula is C27H37N5O2. The standard InChI is InChI=1S/C27H37N5O2/c1-4-5-18-34-23-8-6-21(7-9-23)24-19-25-26(28-14-17-32(25)30-24)31-15-11-22(12-16-31)27(33)29-13-10-20(2)3/h6-9,14,17,19-20,22H,4-5,10-13,15-16,18H2,1-3H3,(H,29,33). The Bertz CT molecular complexity index is 1070. The molecule has 2 aromatic heterocycles. The number of nitrogens with zero attached hydrogens (tertiary/aromatic N) is 4. The summed E-state index contributed by atoms with van der Waals surface area (Å²) in [5, 5.41) is 7.89. The first kappa shape index (κ1) is 24.0. The number of hydrogen-bond acceptors (Lipinski definition) is 5. The summed E-state index contributed by atoms with van der Waals surface area (Å²) < 4.78 is 7.68. The predicted molar refractivity (Wildman–Crippen MR) is 136 cm³/mol. The van der Waals surface area contributed by atoms with Crippen LogP contribution in [0.3, 0.4) is 0 Å². The van der Waals surface area contributed by atoms with Gasteiger partial charge < -0.3 is 15.0 Å². The molecule has 0 aliphatic carbocycles. The predicted octanol–water partition coefficient (Wildman–Crippen LogP) is 4.95. The lowest BCUT2D eigenvalue weighted by Gasteiger charge is -2.32. The largest absolute Gasteiger partial charge is 0.494 e. The van der Waals surface area contributed by atoms with Gasteiger partial charge in [-0.2, -0.15) is 5.10 Å². The normalized spacial score (nSPS) is 14.6. The van der Waals surface area contributed by atoms with Crippen molar-refractivity contribution < 1.29 is 9.53 Å². The van der Waals surface area contributed by atoms with Crippen LogP contribution < -0.4 is 15.0 Å². The summed E-state index contributed by atoms with van der Waals surface area (Å²) >= 11 is 0. The lowest BCUT2D eigenvalue weighted by Crippen LogP contribution is -2.41. The number of ether oxygens (including phenoxy) is 1. The van der Waals surface area contributed by atoms with Crippen LogP contribution in [0.15, 0.2) is 42.7 Å². The van der Waals surface area contributed by atoms with Gasteiger partial charge in [0.1, 0.15) is 11.3 Å². The van der Waals surface area contributed by atoms with E-state index >= 15 is 0 Å². The first-order chi connectivity index (χ1) is 16.5. The third kappa shape index (κ3) is 5.88. The molecular weight excluding hydrogens is 426 g/mol. The molecule has 0 unspecified atom stereocenters. The minimum atomic E-state index is 0.0849. The summed E-state index contributed by atoms with van der Waals surface area (Å²) in [5.41, 5.74) is 2.95. The molecule has 7 nitrogen and oxygen atoms in total. The van der Waals surface area contributed by atoms with Gasteiger partial charge in [0.05, 0.1) is 12.3 Å². The number of carbonyl (C=O) groups excluding carboxylic acids is 1. The topological polar surface area (TPSA) is 71.8 Å². The SMILES string of the molecule is CCCCOc1ccc(-c2cc3c(N4CCC(C(=O)NCCC(C)C)CC4)nccn3n2)cc1. The minimum Gasteiger partial charge on any atom is -0.494 e. The Morgan fingerprint density at radius 3 is 2.68 bits per heavy atom. The van der Waals surface area contributed by atoms with Crippen LogP contribution >= 0.6 is 0 Å². The molecule has 0 spiro atoms. The minimum absolute atomic E-state index is 0.0849. The highest BCUT2D eigenvalue weighted by molar-refractivity contribution is 5.79. The van der Waals surface area contributed by atoms with Crippen LogP contribution in [0.5, 0.6) is 5.75 Å². The molecule has 182 valence electrons. The van der Waals surface area contributed by atoms with E-state index in [1.54, 1.807) is 6.20 Å². The number of anilines is 1. The molecule has 1 aliphatic rings. The van der Waals surface area contributed by atoms with E-state index in [4.69, 9.17) is 9.84 Å². The second-order valence-corrected chi connectivity index (χ2v) is 9.57. The zero-order valence-corrected chi connectivity index (χ0v) is 20.7. The fraction of sp³-hybridized carbons (Fsp3) is 0.519. The van der Waals surface area contributed by atoms with Crippen LogP contribution in [-0.4, -0.2) is 46.7 Å². The Morgan fingerprint density at radius 1 is 1.21 bits per heavy atom. The van der Waals surface area contributed by atoms with Crippen molar-refractivity contribution >= 4 is 17.2 Å². The molecule has 0 radical (unpaired) electrons. The van der Waals surface area contributed by atoms with E-state index in [2.05, 4.69) is 54.2 Å². The second-order valence-electron chi connectivity index (χ2n) is 9.57. The average molecular weight is 464 g/mol. The van der Waals surface area contributed by atoms with Crippen LogP contribution in [0.25, 0.3) is 16.8 Å². The molecule has 0 saturated carbocycles. The van der Waals surface area contributed by atoms with Crippen LogP contribution in [-0.2, 0) is 4.79 Å². The summed E-state index contributed by atoms with van der Waals surface area (Å²) in [6, 6.07) is 10.2. The number of nitrogens with one attached hydrogen (secondary N) is 1. The summed E-state index contributed by atoms with van der Waals surface area (Å²) in [4.78, 5) is 19.5. The maximum atomic E-state index is 12.5. The molecule has 1 saturated heterocycles. The third-order valence-electron chi connectivity index (χ3n) is 6.47. The Labute approximate surface area is 202 Å². The molecule has 1 fully saturated rings. The number of unbranched alkanes of at least 4 members (excludes halogenated alkanes) is 1. The fourth-order valence-electron chi connectivity index (χ4n) is 4.33. The monoisotopic (exact) mass is 463 g/mol. The van der Waals surface area contributed by atoms with E-state index in [1.165, 1.54) is 0 Å². The van der Waals surface area contributed by atoms with Crippen molar-refractivity contribution in [2.75, 3.05) is 31.1 Å². The Morgan fingerprint density at radius 2 is 1.97 bits per heavy atom. The van der Waals surface area contributed by atoms with Crippen molar-refractivity contribution in [3.05, 3.63) is 42.7 Å². The zero-order chi connectivity index (χ0) is 23.9. The zero-order valence-electron chi connectivity index (χ0n) is 20.7. The molecule has 1 aliphatic heterocycles. The Hall–Kier alpha value is -3.09. The first-order valence-electron chi connectivity index (χ1n) is 12.7. The number of piperidine rings is 1. The van der Waals surface area contributed by atoms with Gasteiger partial charge in [-0.3, -0.25) is 4.79 Å². The summed E-state index contributed by atoms with van der Waals surface area (Å²) in [6.07, 6.45) is 8.58. The molecule has 3 aromatic rings. The van der Waals surface area contributed by atoms with Gasteiger partial charge in [-0.05, 0) is 61.9 Å². The van der Waals surface area contributed by atoms with E-state index < -0.39 is 0 Å². The van der Waals surface area contributed by atoms with Crippen molar-refractivity contribution in [2.24, 2.45) is 11.8 Å². The fourth-order valence-corrected chi connectivity index (χ4v) is 4.33. The average Bonchev–Trinajstić information content (AvgIpc) is 3.29. The number of amides is 1. The van der Waals surface area contributed by atoms with Gasteiger partial charge >= 0.3 is 0 Å². The van der Waals surface area contributed by atoms with Gasteiger partial charge in [-0.1, -0.05) is 27.2 Å². The van der Waals surface area contributed by atoms with Crippen LogP contribution in [0.2, 0.25) is 0 Å². The van der Waals surface area contributed by atoms with Crippen molar-refractivity contribution in [2.45, 2.75) is 52.9 Å². The van der Waals surface area contributed by atoms with Crippen molar-refractivity contribution in [1.29, 1.82) is 0 Å². The first-order valence-corrected chi connectivity index (χ1v) is 12.7. The quantitative estimate of drug-likeness (QED) is 0.431. The maximum absolute atomic E-state index is 12.5. The smallest absolute Gasteiger partial charge is 0.223 e. The highest BCUT2D eigenvalue weighted by atomic mass is 16.5. The summed E-state index contributed by atoms with van der Waals surface area (Å²) in [7, 11) is 0. The van der Waals surface area contributed by atoms with Gasteiger partial charge in [0.25, 0.3) is 0 Å². The highest BCUT2D eigenvalue weighted by Gasteiger charge is 2.26. The van der Waals surface area contributed by atoms with E-state index in [1.807, 2.05) is 22.8 Å². The van der Waals surface area contributed by atoms with Gasteiger partial charge in [-0.15, -0.1) is 0 Å². The lowest BCUT2D eigenvalue weighted by molar-refractivity contribution is -0.125. The number of benzene rings is 1. The molecule has 3 heterocycles. The number of aromatic nitrogens is 3. The third-order valence-corrected chi connectivity index (χ3v) is 6.47. The van der Waals surface area contributed by atoms with Gasteiger partial charge in [0, 0.05) is 43.5 Å². The van der Waals surface area contributed by atoms with E-state index in [0.717, 1.165) is 86.7 Å². The van der Waals surface area contributed by atoms with E-state index in [-0.39, 0.29) is 11.8 Å². The molecule has 1 N–H and O–H groups in total. The van der Waals surface area contributed by atoms with Crippen LogP contribution in [0, 0.1) is 11.8 Å². The number of rotatable bonds is 10.